The number of nitrogens with zero attached hydrogens (tertiary/aromatic N) is 1. The molecule has 4 rings (SSSR count). The Morgan fingerprint density at radius 1 is 0.524 bits per heavy atom. The van der Waals surface area contributed by atoms with Crippen molar-refractivity contribution < 1.29 is 0 Å². The molecule has 1 heterocycles. The van der Waals surface area contributed by atoms with E-state index < -0.39 is 0 Å². The van der Waals surface area contributed by atoms with Crippen molar-refractivity contribution in [2.45, 2.75) is 5.54 Å². The van der Waals surface area contributed by atoms with Gasteiger partial charge < -0.3 is 0 Å². The maximum Gasteiger partial charge on any atom is 0.153 e. The molecule has 3 aromatic rings. The van der Waals surface area contributed by atoms with E-state index in [0.717, 1.165) is 5.71 Å². The van der Waals surface area contributed by atoms with Crippen LogP contribution in [0.5, 0.6) is 0 Å². The van der Waals surface area contributed by atoms with Crippen molar-refractivity contribution in [3.63, 3.8) is 0 Å². The largest absolute Gasteiger partial charge is 0.263 e. The zero-order chi connectivity index (χ0) is 14.1. The van der Waals surface area contributed by atoms with Gasteiger partial charge in [-0.2, -0.15) is 0 Å². The van der Waals surface area contributed by atoms with E-state index in [0.29, 0.717) is 0 Å². The van der Waals surface area contributed by atoms with Crippen LogP contribution in [0.1, 0.15) is 16.7 Å². The van der Waals surface area contributed by atoms with Gasteiger partial charge in [-0.1, -0.05) is 91.0 Å². The van der Waals surface area contributed by atoms with Gasteiger partial charge in [0.2, 0.25) is 0 Å². The standard InChI is InChI=1S/C20H15N/c1-4-10-16(11-5-1)19-20(21-19,17-12-6-2-7-13-17)18-14-8-3-9-15-18/h1-15H. The Balaban J connectivity index is 1.84. The molecule has 0 atom stereocenters. The van der Waals surface area contributed by atoms with Crippen molar-refractivity contribution >= 4 is 5.71 Å². The van der Waals surface area contributed by atoms with Crippen LogP contribution in [0.3, 0.4) is 0 Å². The molecular formula is C20H15N. The topological polar surface area (TPSA) is 12.4 Å². The van der Waals surface area contributed by atoms with Crippen molar-refractivity contribution in [3.8, 4) is 0 Å². The Bertz CT molecular complexity index is 734. The normalized spacial score (nSPS) is 15.3. The lowest BCUT2D eigenvalue weighted by molar-refractivity contribution is 0.862. The van der Waals surface area contributed by atoms with Gasteiger partial charge in [0.1, 0.15) is 0 Å². The molecule has 100 valence electrons. The summed E-state index contributed by atoms with van der Waals surface area (Å²) in [4.78, 5) is 4.91. The van der Waals surface area contributed by atoms with Gasteiger partial charge in [0.05, 0.1) is 5.71 Å². The first-order chi connectivity index (χ1) is 10.4. The van der Waals surface area contributed by atoms with E-state index in [2.05, 4.69) is 72.8 Å². The summed E-state index contributed by atoms with van der Waals surface area (Å²) in [6, 6.07) is 31.5. The second kappa shape index (κ2) is 4.71. The highest BCUT2D eigenvalue weighted by atomic mass is 15.1. The van der Waals surface area contributed by atoms with Gasteiger partial charge in [-0.25, -0.2) is 0 Å². The van der Waals surface area contributed by atoms with Gasteiger partial charge in [-0.3, -0.25) is 4.99 Å². The van der Waals surface area contributed by atoms with Crippen LogP contribution in [0, 0.1) is 0 Å². The van der Waals surface area contributed by atoms with E-state index in [4.69, 9.17) is 4.99 Å². The van der Waals surface area contributed by atoms with E-state index in [-0.39, 0.29) is 5.54 Å². The molecular weight excluding hydrogens is 254 g/mol. The zero-order valence-corrected chi connectivity index (χ0v) is 11.6. The Hall–Kier alpha value is -2.67. The van der Waals surface area contributed by atoms with Crippen molar-refractivity contribution in [2.24, 2.45) is 4.99 Å². The van der Waals surface area contributed by atoms with Crippen LogP contribution in [-0.2, 0) is 5.54 Å². The lowest BCUT2D eigenvalue weighted by Gasteiger charge is -2.17. The molecule has 0 radical (unpaired) electrons. The van der Waals surface area contributed by atoms with Crippen LogP contribution in [-0.4, -0.2) is 5.71 Å². The SMILES string of the molecule is c1ccc(C2=NC2(c2ccccc2)c2ccccc2)cc1. The van der Waals surface area contributed by atoms with Crippen molar-refractivity contribution in [1.82, 2.24) is 0 Å². The van der Waals surface area contributed by atoms with E-state index in [1.54, 1.807) is 0 Å². The summed E-state index contributed by atoms with van der Waals surface area (Å²) in [6.07, 6.45) is 0. The minimum atomic E-state index is -0.302. The van der Waals surface area contributed by atoms with E-state index in [1.165, 1.54) is 16.7 Å². The first-order valence-corrected chi connectivity index (χ1v) is 7.18. The molecule has 0 unspecified atom stereocenters. The quantitative estimate of drug-likeness (QED) is 0.667. The molecule has 1 aliphatic heterocycles. The minimum Gasteiger partial charge on any atom is -0.263 e. The summed E-state index contributed by atoms with van der Waals surface area (Å²) in [5.74, 6) is 0. The maximum absolute atomic E-state index is 4.91. The fourth-order valence-corrected chi connectivity index (χ4v) is 2.94. The van der Waals surface area contributed by atoms with Gasteiger partial charge in [0.15, 0.2) is 5.54 Å². The molecule has 0 aromatic heterocycles. The van der Waals surface area contributed by atoms with E-state index in [9.17, 15) is 0 Å². The third-order valence-electron chi connectivity index (χ3n) is 4.00. The third-order valence-corrected chi connectivity index (χ3v) is 4.00. The summed E-state index contributed by atoms with van der Waals surface area (Å²) in [7, 11) is 0. The number of benzene rings is 3. The van der Waals surface area contributed by atoms with Crippen LogP contribution in [0.25, 0.3) is 0 Å². The smallest absolute Gasteiger partial charge is 0.153 e. The van der Waals surface area contributed by atoms with Crippen LogP contribution in [0.4, 0.5) is 0 Å². The number of rotatable bonds is 3. The summed E-state index contributed by atoms with van der Waals surface area (Å²) in [5.41, 5.74) is 4.51. The van der Waals surface area contributed by atoms with Crippen LogP contribution in [0.2, 0.25) is 0 Å². The summed E-state index contributed by atoms with van der Waals surface area (Å²) >= 11 is 0. The Morgan fingerprint density at radius 3 is 1.43 bits per heavy atom. The highest BCUT2D eigenvalue weighted by Crippen LogP contribution is 2.47. The van der Waals surface area contributed by atoms with Gasteiger partial charge in [-0.05, 0) is 16.7 Å². The predicted molar refractivity (Wildman–Crippen MR) is 86.6 cm³/mol. The molecule has 1 nitrogen and oxygen atoms in total. The second-order valence-corrected chi connectivity index (χ2v) is 5.27. The van der Waals surface area contributed by atoms with Gasteiger partial charge in [0, 0.05) is 0 Å². The fraction of sp³-hybridized carbons (Fsp3) is 0.0500. The van der Waals surface area contributed by atoms with E-state index in [1.807, 2.05) is 18.2 Å². The number of hydrogen-bond acceptors (Lipinski definition) is 1. The molecule has 0 fully saturated rings. The predicted octanol–water partition coefficient (Wildman–Crippen LogP) is 4.43. The van der Waals surface area contributed by atoms with Crippen LogP contribution < -0.4 is 0 Å². The molecule has 0 N–H and O–H groups in total. The molecule has 3 aromatic carbocycles. The van der Waals surface area contributed by atoms with Crippen molar-refractivity contribution in [3.05, 3.63) is 108 Å². The average Bonchev–Trinajstić information content (AvgIpc) is 3.34. The molecule has 21 heavy (non-hydrogen) atoms. The van der Waals surface area contributed by atoms with Crippen molar-refractivity contribution in [1.29, 1.82) is 0 Å². The Labute approximate surface area is 124 Å². The third kappa shape index (κ3) is 1.90. The Morgan fingerprint density at radius 2 is 0.952 bits per heavy atom. The number of hydrogen-bond donors (Lipinski definition) is 0. The summed E-state index contributed by atoms with van der Waals surface area (Å²) in [5, 5.41) is 0. The van der Waals surface area contributed by atoms with Crippen molar-refractivity contribution in [2.75, 3.05) is 0 Å². The van der Waals surface area contributed by atoms with E-state index >= 15 is 0 Å². The minimum absolute atomic E-state index is 0.302. The number of aliphatic imine (C=N–C) groups is 1. The Kier molecular flexibility index (Phi) is 2.71. The molecule has 1 aliphatic rings. The lowest BCUT2D eigenvalue weighted by Crippen LogP contribution is -2.19. The first kappa shape index (κ1) is 12.1. The first-order valence-electron chi connectivity index (χ1n) is 7.18. The highest BCUT2D eigenvalue weighted by molar-refractivity contribution is 6.19. The van der Waals surface area contributed by atoms with Gasteiger partial charge in [-0.15, -0.1) is 0 Å². The fourth-order valence-electron chi connectivity index (χ4n) is 2.94. The van der Waals surface area contributed by atoms with Crippen LogP contribution >= 0.6 is 0 Å². The highest BCUT2D eigenvalue weighted by Gasteiger charge is 2.50. The summed E-state index contributed by atoms with van der Waals surface area (Å²) < 4.78 is 0. The molecule has 0 bridgehead atoms. The summed E-state index contributed by atoms with van der Waals surface area (Å²) in [6.45, 7) is 0. The molecule has 0 saturated heterocycles. The molecule has 0 amide bonds. The molecule has 0 spiro atoms. The van der Waals surface area contributed by atoms with Gasteiger partial charge in [0.25, 0.3) is 0 Å². The molecule has 0 saturated carbocycles. The van der Waals surface area contributed by atoms with Crippen LogP contribution in [0.15, 0.2) is 96.0 Å². The monoisotopic (exact) mass is 269 g/mol. The molecule has 1 heteroatoms. The molecule has 0 aliphatic carbocycles. The maximum atomic E-state index is 4.91. The second-order valence-electron chi connectivity index (χ2n) is 5.27. The average molecular weight is 269 g/mol. The zero-order valence-electron chi connectivity index (χ0n) is 11.6. The lowest BCUT2D eigenvalue weighted by atomic mass is 9.84. The van der Waals surface area contributed by atoms with Gasteiger partial charge >= 0.3 is 0 Å².